The fourth-order valence-corrected chi connectivity index (χ4v) is 2.38. The van der Waals surface area contributed by atoms with Gasteiger partial charge in [-0.3, -0.25) is 9.89 Å². The predicted octanol–water partition coefficient (Wildman–Crippen LogP) is 2.08. The maximum absolute atomic E-state index is 12.1. The van der Waals surface area contributed by atoms with E-state index in [4.69, 9.17) is 0 Å². The van der Waals surface area contributed by atoms with E-state index in [1.165, 1.54) is 12.8 Å². The van der Waals surface area contributed by atoms with Gasteiger partial charge in [-0.1, -0.05) is 19.1 Å². The molecule has 3 rings (SSSR count). The Bertz CT molecular complexity index is 645. The summed E-state index contributed by atoms with van der Waals surface area (Å²) < 4.78 is 0. The molecule has 1 fully saturated rings. The molecule has 3 N–H and O–H groups in total. The number of rotatable bonds is 8. The average molecular weight is 313 g/mol. The second-order valence-corrected chi connectivity index (χ2v) is 5.90. The Balaban J connectivity index is 1.54. The Kier molecular flexibility index (Phi) is 5.02. The molecule has 1 aromatic carbocycles. The van der Waals surface area contributed by atoms with Crippen molar-refractivity contribution < 1.29 is 4.79 Å². The van der Waals surface area contributed by atoms with Crippen molar-refractivity contribution >= 4 is 5.91 Å². The molecule has 0 aliphatic heterocycles. The summed E-state index contributed by atoms with van der Waals surface area (Å²) in [7, 11) is 0. The molecule has 6 heteroatoms. The van der Waals surface area contributed by atoms with Gasteiger partial charge in [0.2, 0.25) is 0 Å². The van der Waals surface area contributed by atoms with E-state index in [1.54, 1.807) is 0 Å². The lowest BCUT2D eigenvalue weighted by atomic mass is 10.1. The molecule has 0 spiro atoms. The predicted molar refractivity (Wildman–Crippen MR) is 89.3 cm³/mol. The number of carbonyl (C=O) groups excluding carboxylic acids is 1. The molecule has 0 bridgehead atoms. The first kappa shape index (κ1) is 15.7. The van der Waals surface area contributed by atoms with Gasteiger partial charge in [0.05, 0.1) is 0 Å². The number of H-pyrrole nitrogens is 1. The van der Waals surface area contributed by atoms with Crippen molar-refractivity contribution in [1.29, 1.82) is 0 Å². The van der Waals surface area contributed by atoms with Crippen molar-refractivity contribution in [1.82, 2.24) is 25.8 Å². The highest BCUT2D eigenvalue weighted by Gasteiger charge is 2.27. The SMILES string of the molecule is CCCNCCNC(=O)c1ccc(-c2n[nH]c(C3CC3)n2)cc1. The molecule has 1 saturated carbocycles. The molecule has 1 amide bonds. The molecule has 1 aromatic heterocycles. The van der Waals surface area contributed by atoms with E-state index in [-0.39, 0.29) is 5.91 Å². The lowest BCUT2D eigenvalue weighted by Crippen LogP contribution is -2.32. The number of amides is 1. The third kappa shape index (κ3) is 4.16. The second kappa shape index (κ2) is 7.37. The number of aromatic nitrogens is 3. The summed E-state index contributed by atoms with van der Waals surface area (Å²) in [6.45, 7) is 4.52. The van der Waals surface area contributed by atoms with E-state index in [0.717, 1.165) is 30.9 Å². The van der Waals surface area contributed by atoms with E-state index in [9.17, 15) is 4.79 Å². The maximum Gasteiger partial charge on any atom is 0.251 e. The average Bonchev–Trinajstić information content (AvgIpc) is 3.32. The molecule has 0 atom stereocenters. The van der Waals surface area contributed by atoms with Crippen LogP contribution in [-0.4, -0.2) is 40.7 Å². The summed E-state index contributed by atoms with van der Waals surface area (Å²) in [5.41, 5.74) is 1.58. The zero-order chi connectivity index (χ0) is 16.1. The van der Waals surface area contributed by atoms with Gasteiger partial charge in [0.25, 0.3) is 5.91 Å². The van der Waals surface area contributed by atoms with E-state index >= 15 is 0 Å². The first-order valence-corrected chi connectivity index (χ1v) is 8.29. The van der Waals surface area contributed by atoms with E-state index < -0.39 is 0 Å². The van der Waals surface area contributed by atoms with Gasteiger partial charge in [-0.25, -0.2) is 4.98 Å². The van der Waals surface area contributed by atoms with Crippen molar-refractivity contribution in [2.45, 2.75) is 32.1 Å². The summed E-state index contributed by atoms with van der Waals surface area (Å²) in [5.74, 6) is 2.18. The lowest BCUT2D eigenvalue weighted by molar-refractivity contribution is 0.0954. The normalized spacial score (nSPS) is 14.0. The molecule has 122 valence electrons. The number of nitrogens with zero attached hydrogens (tertiary/aromatic N) is 2. The fraction of sp³-hybridized carbons (Fsp3) is 0.471. The number of hydrogen-bond acceptors (Lipinski definition) is 4. The summed E-state index contributed by atoms with van der Waals surface area (Å²) in [4.78, 5) is 16.6. The number of nitrogens with one attached hydrogen (secondary N) is 3. The number of carbonyl (C=O) groups is 1. The minimum atomic E-state index is -0.0523. The van der Waals surface area contributed by atoms with Gasteiger partial charge < -0.3 is 10.6 Å². The van der Waals surface area contributed by atoms with Crippen LogP contribution < -0.4 is 10.6 Å². The van der Waals surface area contributed by atoms with Gasteiger partial charge in [-0.05, 0) is 37.9 Å². The van der Waals surface area contributed by atoms with Gasteiger partial charge >= 0.3 is 0 Å². The van der Waals surface area contributed by atoms with Crippen molar-refractivity contribution in [3.05, 3.63) is 35.7 Å². The van der Waals surface area contributed by atoms with Crippen LogP contribution in [0.15, 0.2) is 24.3 Å². The van der Waals surface area contributed by atoms with E-state index in [2.05, 4.69) is 32.7 Å². The zero-order valence-electron chi connectivity index (χ0n) is 13.4. The number of aromatic amines is 1. The molecule has 0 radical (unpaired) electrons. The zero-order valence-corrected chi connectivity index (χ0v) is 13.4. The molecule has 23 heavy (non-hydrogen) atoms. The summed E-state index contributed by atoms with van der Waals surface area (Å²) in [5, 5.41) is 13.4. The maximum atomic E-state index is 12.1. The Labute approximate surface area is 136 Å². The Hall–Kier alpha value is -2.21. The summed E-state index contributed by atoms with van der Waals surface area (Å²) >= 11 is 0. The van der Waals surface area contributed by atoms with Crippen LogP contribution in [0, 0.1) is 0 Å². The molecule has 1 aliphatic rings. The molecule has 1 heterocycles. The largest absolute Gasteiger partial charge is 0.351 e. The monoisotopic (exact) mass is 313 g/mol. The van der Waals surface area contributed by atoms with Crippen LogP contribution in [0.4, 0.5) is 0 Å². The molecule has 0 saturated heterocycles. The van der Waals surface area contributed by atoms with Crippen molar-refractivity contribution in [3.8, 4) is 11.4 Å². The highest BCUT2D eigenvalue weighted by Crippen LogP contribution is 2.38. The van der Waals surface area contributed by atoms with Crippen molar-refractivity contribution in [2.24, 2.45) is 0 Å². The summed E-state index contributed by atoms with van der Waals surface area (Å²) in [6, 6.07) is 7.42. The molecule has 2 aromatic rings. The third-order valence-electron chi connectivity index (χ3n) is 3.89. The lowest BCUT2D eigenvalue weighted by Gasteiger charge is -2.06. The minimum absolute atomic E-state index is 0.0523. The van der Waals surface area contributed by atoms with Gasteiger partial charge in [0.15, 0.2) is 5.82 Å². The second-order valence-electron chi connectivity index (χ2n) is 5.90. The van der Waals surface area contributed by atoms with Gasteiger partial charge in [0, 0.05) is 30.1 Å². The van der Waals surface area contributed by atoms with Crippen LogP contribution in [0.5, 0.6) is 0 Å². The molecule has 0 unspecified atom stereocenters. The Morgan fingerprint density at radius 2 is 2.00 bits per heavy atom. The van der Waals surface area contributed by atoms with Crippen molar-refractivity contribution in [3.63, 3.8) is 0 Å². The van der Waals surface area contributed by atoms with Crippen LogP contribution >= 0.6 is 0 Å². The number of hydrogen-bond donors (Lipinski definition) is 3. The van der Waals surface area contributed by atoms with Crippen LogP contribution in [0.1, 0.15) is 48.3 Å². The quantitative estimate of drug-likeness (QED) is 0.652. The minimum Gasteiger partial charge on any atom is -0.351 e. The van der Waals surface area contributed by atoms with Gasteiger partial charge in [-0.2, -0.15) is 5.10 Å². The Morgan fingerprint density at radius 3 is 2.70 bits per heavy atom. The van der Waals surface area contributed by atoms with E-state index in [0.29, 0.717) is 23.9 Å². The molecule has 1 aliphatic carbocycles. The molecular formula is C17H23N5O. The topological polar surface area (TPSA) is 82.7 Å². The highest BCUT2D eigenvalue weighted by molar-refractivity contribution is 5.94. The Morgan fingerprint density at radius 1 is 1.22 bits per heavy atom. The smallest absolute Gasteiger partial charge is 0.251 e. The fourth-order valence-electron chi connectivity index (χ4n) is 2.38. The number of benzene rings is 1. The highest BCUT2D eigenvalue weighted by atomic mass is 16.1. The molecular weight excluding hydrogens is 290 g/mol. The van der Waals surface area contributed by atoms with E-state index in [1.807, 2.05) is 24.3 Å². The first-order valence-electron chi connectivity index (χ1n) is 8.29. The standard InChI is InChI=1S/C17H23N5O/c1-2-9-18-10-11-19-17(23)14-7-5-13(6-8-14)16-20-15(21-22-16)12-3-4-12/h5-8,12,18H,2-4,9-11H2,1H3,(H,19,23)(H,20,21,22). The first-order chi connectivity index (χ1) is 11.3. The van der Waals surface area contributed by atoms with Gasteiger partial charge in [0.1, 0.15) is 5.82 Å². The third-order valence-corrected chi connectivity index (χ3v) is 3.89. The summed E-state index contributed by atoms with van der Waals surface area (Å²) in [6.07, 6.45) is 3.49. The van der Waals surface area contributed by atoms with Crippen LogP contribution in [-0.2, 0) is 0 Å². The van der Waals surface area contributed by atoms with Crippen LogP contribution in [0.2, 0.25) is 0 Å². The van der Waals surface area contributed by atoms with Crippen LogP contribution in [0.3, 0.4) is 0 Å². The van der Waals surface area contributed by atoms with Gasteiger partial charge in [-0.15, -0.1) is 0 Å². The molecule has 6 nitrogen and oxygen atoms in total. The van der Waals surface area contributed by atoms with Crippen LogP contribution in [0.25, 0.3) is 11.4 Å². The van der Waals surface area contributed by atoms with Crippen molar-refractivity contribution in [2.75, 3.05) is 19.6 Å².